The first-order valence-corrected chi connectivity index (χ1v) is 7.81. The lowest BCUT2D eigenvalue weighted by Crippen LogP contribution is -2.13. The summed E-state index contributed by atoms with van der Waals surface area (Å²) in [6.45, 7) is 9.11. The molecule has 0 radical (unpaired) electrons. The van der Waals surface area contributed by atoms with E-state index in [-0.39, 0.29) is 6.04 Å². The predicted molar refractivity (Wildman–Crippen MR) is 84.5 cm³/mol. The molecule has 20 heavy (non-hydrogen) atoms. The molecular weight excluding hydrogens is 270 g/mol. The Bertz CT molecular complexity index is 553. The molecule has 6 heteroatoms. The zero-order valence-electron chi connectivity index (χ0n) is 12.4. The third-order valence-electron chi connectivity index (χ3n) is 3.03. The average Bonchev–Trinajstić information content (AvgIpc) is 2.97. The second-order valence-electron chi connectivity index (χ2n) is 4.58. The van der Waals surface area contributed by atoms with Gasteiger partial charge in [-0.05, 0) is 20.8 Å². The lowest BCUT2D eigenvalue weighted by molar-refractivity contribution is 0.841. The Morgan fingerprint density at radius 1 is 1.25 bits per heavy atom. The minimum absolute atomic E-state index is 0.141. The van der Waals surface area contributed by atoms with Crippen LogP contribution in [0.2, 0.25) is 0 Å². The zero-order valence-corrected chi connectivity index (χ0v) is 13.2. The fraction of sp³-hybridized carbons (Fsp3) is 0.500. The minimum atomic E-state index is 0.141. The number of aryl methyl sites for hydroxylation is 1. The highest BCUT2D eigenvalue weighted by atomic mass is 32.1. The molecule has 0 bridgehead atoms. The van der Waals surface area contributed by atoms with E-state index < -0.39 is 0 Å². The zero-order chi connectivity index (χ0) is 14.5. The molecule has 0 amide bonds. The lowest BCUT2D eigenvalue weighted by atomic mass is 10.2. The number of anilines is 2. The van der Waals surface area contributed by atoms with Crippen LogP contribution in [0, 0.1) is 6.92 Å². The minimum Gasteiger partial charge on any atom is -0.370 e. The summed E-state index contributed by atoms with van der Waals surface area (Å²) < 4.78 is 0. The Labute approximate surface area is 123 Å². The number of hydrogen-bond acceptors (Lipinski definition) is 6. The first-order valence-electron chi connectivity index (χ1n) is 6.93. The van der Waals surface area contributed by atoms with E-state index in [2.05, 4.69) is 46.4 Å². The van der Waals surface area contributed by atoms with Crippen LogP contribution in [0.15, 0.2) is 11.6 Å². The van der Waals surface area contributed by atoms with Crippen LogP contribution < -0.4 is 10.6 Å². The highest BCUT2D eigenvalue weighted by Gasteiger charge is 2.14. The Balaban J connectivity index is 2.28. The van der Waals surface area contributed by atoms with Gasteiger partial charge in [-0.25, -0.2) is 15.0 Å². The van der Waals surface area contributed by atoms with Crippen molar-refractivity contribution in [3.05, 3.63) is 28.0 Å². The van der Waals surface area contributed by atoms with E-state index >= 15 is 0 Å². The van der Waals surface area contributed by atoms with Gasteiger partial charge < -0.3 is 10.6 Å². The van der Waals surface area contributed by atoms with Crippen molar-refractivity contribution in [2.24, 2.45) is 0 Å². The van der Waals surface area contributed by atoms with Crippen molar-refractivity contribution in [1.29, 1.82) is 0 Å². The smallest absolute Gasteiger partial charge is 0.135 e. The number of aromatic nitrogens is 3. The van der Waals surface area contributed by atoms with Gasteiger partial charge in [-0.1, -0.05) is 6.92 Å². The van der Waals surface area contributed by atoms with E-state index in [0.29, 0.717) is 0 Å². The highest BCUT2D eigenvalue weighted by molar-refractivity contribution is 7.09. The van der Waals surface area contributed by atoms with Gasteiger partial charge in [0.1, 0.15) is 22.5 Å². The van der Waals surface area contributed by atoms with Crippen molar-refractivity contribution < 1.29 is 0 Å². The summed E-state index contributed by atoms with van der Waals surface area (Å²) in [6.07, 6.45) is 2.64. The van der Waals surface area contributed by atoms with E-state index in [0.717, 1.165) is 41.0 Å². The summed E-state index contributed by atoms with van der Waals surface area (Å²) in [7, 11) is 0. The molecule has 2 heterocycles. The van der Waals surface area contributed by atoms with E-state index in [1.165, 1.54) is 0 Å². The van der Waals surface area contributed by atoms with Gasteiger partial charge in [-0.2, -0.15) is 0 Å². The predicted octanol–water partition coefficient (Wildman–Crippen LogP) is 3.41. The normalized spacial score (nSPS) is 12.2. The number of nitrogens with zero attached hydrogens (tertiary/aromatic N) is 3. The molecule has 2 aromatic heterocycles. The van der Waals surface area contributed by atoms with Gasteiger partial charge in [0.05, 0.1) is 6.04 Å². The molecular formula is C14H21N5S. The van der Waals surface area contributed by atoms with Crippen LogP contribution in [-0.2, 0) is 6.42 Å². The molecule has 0 saturated carbocycles. The average molecular weight is 291 g/mol. The van der Waals surface area contributed by atoms with Gasteiger partial charge in [-0.15, -0.1) is 11.3 Å². The fourth-order valence-electron chi connectivity index (χ4n) is 1.92. The van der Waals surface area contributed by atoms with Crippen molar-refractivity contribution in [3.8, 4) is 0 Å². The van der Waals surface area contributed by atoms with Crippen molar-refractivity contribution >= 4 is 23.0 Å². The molecule has 0 aromatic carbocycles. The quantitative estimate of drug-likeness (QED) is 0.854. The number of rotatable bonds is 6. The van der Waals surface area contributed by atoms with Crippen LogP contribution in [0.1, 0.15) is 43.2 Å². The van der Waals surface area contributed by atoms with Gasteiger partial charge >= 0.3 is 0 Å². The molecule has 2 rings (SSSR count). The van der Waals surface area contributed by atoms with Gasteiger partial charge in [0.2, 0.25) is 0 Å². The summed E-state index contributed by atoms with van der Waals surface area (Å²) in [6, 6.07) is 0.141. The summed E-state index contributed by atoms with van der Waals surface area (Å²) in [5.74, 6) is 2.64. The molecule has 0 aliphatic rings. The fourth-order valence-corrected chi connectivity index (χ4v) is 2.56. The first kappa shape index (κ1) is 14.7. The molecule has 0 spiro atoms. The molecule has 1 atom stereocenters. The Morgan fingerprint density at radius 3 is 2.60 bits per heavy atom. The van der Waals surface area contributed by atoms with Crippen LogP contribution in [-0.4, -0.2) is 21.5 Å². The van der Waals surface area contributed by atoms with E-state index in [1.54, 1.807) is 11.3 Å². The van der Waals surface area contributed by atoms with Crippen molar-refractivity contribution in [1.82, 2.24) is 15.0 Å². The number of hydrogen-bond donors (Lipinski definition) is 2. The van der Waals surface area contributed by atoms with Gasteiger partial charge in [-0.3, -0.25) is 0 Å². The third kappa shape index (κ3) is 3.25. The highest BCUT2D eigenvalue weighted by Crippen LogP contribution is 2.25. The van der Waals surface area contributed by atoms with Gasteiger partial charge in [0.15, 0.2) is 0 Å². The number of thiazole rings is 1. The second-order valence-corrected chi connectivity index (χ2v) is 5.51. The Morgan fingerprint density at radius 2 is 2.00 bits per heavy atom. The summed E-state index contributed by atoms with van der Waals surface area (Å²) in [5.41, 5.74) is 1.05. The third-order valence-corrected chi connectivity index (χ3v) is 3.99. The molecule has 0 aliphatic heterocycles. The van der Waals surface area contributed by atoms with Gasteiger partial charge in [0, 0.05) is 30.1 Å². The Hall–Kier alpha value is -1.69. The van der Waals surface area contributed by atoms with Crippen LogP contribution in [0.25, 0.3) is 0 Å². The molecule has 1 unspecified atom stereocenters. The van der Waals surface area contributed by atoms with Crippen molar-refractivity contribution in [2.45, 2.75) is 40.2 Å². The monoisotopic (exact) mass is 291 g/mol. The molecule has 0 saturated heterocycles. The lowest BCUT2D eigenvalue weighted by Gasteiger charge is -2.17. The second kappa shape index (κ2) is 6.65. The summed E-state index contributed by atoms with van der Waals surface area (Å²) in [5, 5.41) is 9.79. The van der Waals surface area contributed by atoms with Crippen molar-refractivity contribution in [2.75, 3.05) is 17.2 Å². The van der Waals surface area contributed by atoms with E-state index in [1.807, 2.05) is 18.5 Å². The maximum atomic E-state index is 4.60. The van der Waals surface area contributed by atoms with Crippen LogP contribution in [0.5, 0.6) is 0 Å². The van der Waals surface area contributed by atoms with Crippen LogP contribution in [0.3, 0.4) is 0 Å². The largest absolute Gasteiger partial charge is 0.370 e. The number of nitrogens with one attached hydrogen (secondary N) is 2. The van der Waals surface area contributed by atoms with Crippen molar-refractivity contribution in [3.63, 3.8) is 0 Å². The van der Waals surface area contributed by atoms with E-state index in [9.17, 15) is 0 Å². The maximum Gasteiger partial charge on any atom is 0.135 e. The molecule has 2 aromatic rings. The van der Waals surface area contributed by atoms with Crippen LogP contribution >= 0.6 is 11.3 Å². The standard InChI is InChI=1S/C14H21N5S/c1-5-11-18-12(15-6-2)9(3)13(19-11)17-10(4)14-16-7-8-20-14/h7-8,10H,5-6H2,1-4H3,(H2,15,17,18,19). The molecule has 0 aliphatic carbocycles. The molecule has 108 valence electrons. The SMILES string of the molecule is CCNc1nc(CC)nc(NC(C)c2nccs2)c1C. The summed E-state index contributed by atoms with van der Waals surface area (Å²) in [4.78, 5) is 13.5. The topological polar surface area (TPSA) is 62.7 Å². The molecule has 0 fully saturated rings. The maximum absolute atomic E-state index is 4.60. The first-order chi connectivity index (χ1) is 9.65. The molecule has 5 nitrogen and oxygen atoms in total. The van der Waals surface area contributed by atoms with Crippen LogP contribution in [0.4, 0.5) is 11.6 Å². The summed E-state index contributed by atoms with van der Waals surface area (Å²) >= 11 is 1.65. The van der Waals surface area contributed by atoms with Gasteiger partial charge in [0.25, 0.3) is 0 Å². The Kier molecular flexibility index (Phi) is 4.89. The van der Waals surface area contributed by atoms with E-state index in [4.69, 9.17) is 0 Å². The molecule has 2 N–H and O–H groups in total.